The quantitative estimate of drug-likeness (QED) is 0.690. The Kier molecular flexibility index (Phi) is 5.15. The molecule has 19 heavy (non-hydrogen) atoms. The van der Waals surface area contributed by atoms with Crippen molar-refractivity contribution in [3.8, 4) is 0 Å². The van der Waals surface area contributed by atoms with Crippen LogP contribution in [0.4, 0.5) is 0 Å². The summed E-state index contributed by atoms with van der Waals surface area (Å²) in [6, 6.07) is 8.06. The normalized spacial score (nSPS) is 12.7. The minimum absolute atomic E-state index is 0.115. The van der Waals surface area contributed by atoms with Crippen molar-refractivity contribution in [3.05, 3.63) is 54.7 Å². The summed E-state index contributed by atoms with van der Waals surface area (Å²) in [5.41, 5.74) is 0.962. The molecule has 2 rings (SSSR count). The molecule has 0 aliphatic carbocycles. The molecule has 0 fully saturated rings. The van der Waals surface area contributed by atoms with Gasteiger partial charge < -0.3 is 5.32 Å². The summed E-state index contributed by atoms with van der Waals surface area (Å²) in [7, 11) is 0. The van der Waals surface area contributed by atoms with Crippen LogP contribution in [0.1, 0.15) is 28.3 Å². The van der Waals surface area contributed by atoms with Crippen molar-refractivity contribution >= 4 is 46.1 Å². The molecule has 102 valence electrons. The second-order valence-corrected chi connectivity index (χ2v) is 6.92. The molecule has 2 aromatic rings. The molecule has 0 radical (unpaired) electrons. The molecule has 1 heterocycles. The van der Waals surface area contributed by atoms with Crippen LogP contribution in [0.15, 0.2) is 24.3 Å². The zero-order chi connectivity index (χ0) is 14.0. The minimum Gasteiger partial charge on any atom is -0.305 e. The molecule has 1 aromatic heterocycles. The predicted octanol–water partition coefficient (Wildman–Crippen LogP) is 5.87. The van der Waals surface area contributed by atoms with Gasteiger partial charge in [-0.3, -0.25) is 0 Å². The first kappa shape index (κ1) is 15.1. The Balaban J connectivity index is 2.08. The standard InChI is InChI=1S/C14H14Cl3NS/c1-8-3-4-10(19-8)7-18-9(2)11-5-6-12(15)14(17)13(11)16/h3-6,9,18H,7H2,1-2H3. The summed E-state index contributed by atoms with van der Waals surface area (Å²) in [6.07, 6.45) is 0. The van der Waals surface area contributed by atoms with Gasteiger partial charge in [0.15, 0.2) is 0 Å². The third-order valence-corrected chi connectivity index (χ3v) is 5.22. The molecule has 0 saturated heterocycles. The summed E-state index contributed by atoms with van der Waals surface area (Å²) < 4.78 is 0. The number of benzene rings is 1. The molecule has 0 bridgehead atoms. The van der Waals surface area contributed by atoms with Gasteiger partial charge in [-0.25, -0.2) is 0 Å². The average molecular weight is 335 g/mol. The highest BCUT2D eigenvalue weighted by Crippen LogP contribution is 2.35. The van der Waals surface area contributed by atoms with Crippen molar-refractivity contribution in [2.24, 2.45) is 0 Å². The Morgan fingerprint density at radius 3 is 2.47 bits per heavy atom. The van der Waals surface area contributed by atoms with Crippen LogP contribution in [0.5, 0.6) is 0 Å². The Labute approximate surface area is 132 Å². The highest BCUT2D eigenvalue weighted by atomic mass is 35.5. The van der Waals surface area contributed by atoms with Gasteiger partial charge in [-0.1, -0.05) is 40.9 Å². The monoisotopic (exact) mass is 333 g/mol. The molecule has 1 N–H and O–H groups in total. The molecule has 1 nitrogen and oxygen atoms in total. The zero-order valence-electron chi connectivity index (χ0n) is 10.6. The Hall–Kier alpha value is -0.250. The van der Waals surface area contributed by atoms with Gasteiger partial charge in [0.2, 0.25) is 0 Å². The van der Waals surface area contributed by atoms with Crippen molar-refractivity contribution in [1.82, 2.24) is 5.32 Å². The number of hydrogen-bond acceptors (Lipinski definition) is 2. The molecule has 0 aliphatic rings. The van der Waals surface area contributed by atoms with Gasteiger partial charge in [0, 0.05) is 22.3 Å². The lowest BCUT2D eigenvalue weighted by Gasteiger charge is -2.16. The predicted molar refractivity (Wildman–Crippen MR) is 85.8 cm³/mol. The van der Waals surface area contributed by atoms with E-state index >= 15 is 0 Å². The summed E-state index contributed by atoms with van der Waals surface area (Å²) in [5.74, 6) is 0. The first-order valence-electron chi connectivity index (χ1n) is 5.91. The molecule has 1 unspecified atom stereocenters. The van der Waals surface area contributed by atoms with Crippen LogP contribution >= 0.6 is 46.1 Å². The van der Waals surface area contributed by atoms with Crippen molar-refractivity contribution < 1.29 is 0 Å². The van der Waals surface area contributed by atoms with E-state index in [4.69, 9.17) is 34.8 Å². The van der Waals surface area contributed by atoms with E-state index in [-0.39, 0.29) is 6.04 Å². The number of thiophene rings is 1. The van der Waals surface area contributed by atoms with E-state index in [1.54, 1.807) is 17.4 Å². The maximum absolute atomic E-state index is 6.23. The molecule has 0 aliphatic heterocycles. The Morgan fingerprint density at radius 1 is 1.11 bits per heavy atom. The largest absolute Gasteiger partial charge is 0.305 e. The van der Waals surface area contributed by atoms with Crippen LogP contribution in [0.3, 0.4) is 0 Å². The number of halogens is 3. The van der Waals surface area contributed by atoms with E-state index in [0.29, 0.717) is 15.1 Å². The van der Waals surface area contributed by atoms with E-state index in [1.165, 1.54) is 9.75 Å². The van der Waals surface area contributed by atoms with Crippen LogP contribution < -0.4 is 5.32 Å². The molecule has 0 saturated carbocycles. The van der Waals surface area contributed by atoms with Gasteiger partial charge in [0.25, 0.3) is 0 Å². The molecular weight excluding hydrogens is 321 g/mol. The summed E-state index contributed by atoms with van der Waals surface area (Å²) in [4.78, 5) is 2.62. The fourth-order valence-electron chi connectivity index (χ4n) is 1.82. The van der Waals surface area contributed by atoms with Crippen molar-refractivity contribution in [2.45, 2.75) is 26.4 Å². The van der Waals surface area contributed by atoms with Crippen LogP contribution in [0.2, 0.25) is 15.1 Å². The fraction of sp³-hybridized carbons (Fsp3) is 0.286. The fourth-order valence-corrected chi connectivity index (χ4v) is 3.37. The Bertz CT molecular complexity index is 580. The lowest BCUT2D eigenvalue weighted by Crippen LogP contribution is -2.17. The smallest absolute Gasteiger partial charge is 0.0781 e. The first-order valence-corrected chi connectivity index (χ1v) is 7.86. The second kappa shape index (κ2) is 6.47. The summed E-state index contributed by atoms with van der Waals surface area (Å²) in [5, 5.41) is 4.87. The van der Waals surface area contributed by atoms with Crippen molar-refractivity contribution in [3.63, 3.8) is 0 Å². The van der Waals surface area contributed by atoms with Gasteiger partial charge in [0.05, 0.1) is 15.1 Å². The SMILES string of the molecule is Cc1ccc(CNC(C)c2ccc(Cl)c(Cl)c2Cl)s1. The molecular formula is C14H14Cl3NS. The summed E-state index contributed by atoms with van der Waals surface area (Å²) in [6.45, 7) is 4.98. The van der Waals surface area contributed by atoms with E-state index < -0.39 is 0 Å². The van der Waals surface area contributed by atoms with Gasteiger partial charge in [-0.05, 0) is 37.6 Å². The number of nitrogens with one attached hydrogen (secondary N) is 1. The number of rotatable bonds is 4. The van der Waals surface area contributed by atoms with Crippen LogP contribution in [0.25, 0.3) is 0 Å². The van der Waals surface area contributed by atoms with Gasteiger partial charge >= 0.3 is 0 Å². The second-order valence-electron chi connectivity index (χ2n) is 4.38. The van der Waals surface area contributed by atoms with Crippen molar-refractivity contribution in [1.29, 1.82) is 0 Å². The molecule has 0 spiro atoms. The molecule has 1 aromatic carbocycles. The van der Waals surface area contributed by atoms with E-state index in [1.807, 2.05) is 6.07 Å². The van der Waals surface area contributed by atoms with Crippen LogP contribution in [-0.2, 0) is 6.54 Å². The lowest BCUT2D eigenvalue weighted by molar-refractivity contribution is 0.579. The van der Waals surface area contributed by atoms with Crippen molar-refractivity contribution in [2.75, 3.05) is 0 Å². The van der Waals surface area contributed by atoms with Gasteiger partial charge in [-0.15, -0.1) is 11.3 Å². The maximum Gasteiger partial charge on any atom is 0.0781 e. The van der Waals surface area contributed by atoms with E-state index in [9.17, 15) is 0 Å². The lowest BCUT2D eigenvalue weighted by atomic mass is 10.1. The van der Waals surface area contributed by atoms with Crippen LogP contribution in [0, 0.1) is 6.92 Å². The molecule has 1 atom stereocenters. The highest BCUT2D eigenvalue weighted by Gasteiger charge is 2.14. The summed E-state index contributed by atoms with van der Waals surface area (Å²) >= 11 is 20.0. The average Bonchev–Trinajstić information content (AvgIpc) is 2.79. The molecule has 5 heteroatoms. The molecule has 0 amide bonds. The highest BCUT2D eigenvalue weighted by molar-refractivity contribution is 7.11. The Morgan fingerprint density at radius 2 is 1.84 bits per heavy atom. The zero-order valence-corrected chi connectivity index (χ0v) is 13.7. The van der Waals surface area contributed by atoms with E-state index in [0.717, 1.165) is 12.1 Å². The third-order valence-electron chi connectivity index (χ3n) is 2.91. The third kappa shape index (κ3) is 3.65. The first-order chi connectivity index (χ1) is 8.99. The van der Waals surface area contributed by atoms with E-state index in [2.05, 4.69) is 31.3 Å². The number of aryl methyl sites for hydroxylation is 1. The minimum atomic E-state index is 0.115. The topological polar surface area (TPSA) is 12.0 Å². The van der Waals surface area contributed by atoms with Gasteiger partial charge in [-0.2, -0.15) is 0 Å². The van der Waals surface area contributed by atoms with Crippen LogP contribution in [-0.4, -0.2) is 0 Å². The maximum atomic E-state index is 6.23. The van der Waals surface area contributed by atoms with Gasteiger partial charge in [0.1, 0.15) is 0 Å². The number of hydrogen-bond donors (Lipinski definition) is 1.